The van der Waals surface area contributed by atoms with Gasteiger partial charge in [0, 0.05) is 35.5 Å². The Bertz CT molecular complexity index is 1710. The van der Waals surface area contributed by atoms with Crippen LogP contribution in [-0.4, -0.2) is 20.8 Å². The maximum absolute atomic E-state index is 14.6. The highest BCUT2D eigenvalue weighted by Crippen LogP contribution is 2.37. The van der Waals surface area contributed by atoms with Crippen LogP contribution in [0.4, 0.5) is 4.39 Å². The Morgan fingerprint density at radius 1 is 1.16 bits per heavy atom. The van der Waals surface area contributed by atoms with Crippen molar-refractivity contribution < 1.29 is 4.39 Å². The second kappa shape index (κ2) is 12.6. The molecule has 3 aliphatic rings. The van der Waals surface area contributed by atoms with E-state index < -0.39 is 0 Å². The number of aromatic nitrogens is 3. The van der Waals surface area contributed by atoms with E-state index >= 15 is 0 Å². The molecule has 0 radical (unpaired) electrons. The van der Waals surface area contributed by atoms with Crippen molar-refractivity contribution in [2.75, 3.05) is 0 Å². The summed E-state index contributed by atoms with van der Waals surface area (Å²) in [7, 11) is 0. The molecular formula is C36H40FN7. The summed E-state index contributed by atoms with van der Waals surface area (Å²) in [6.45, 7) is 27.2. The fourth-order valence-electron chi connectivity index (χ4n) is 5.70. The van der Waals surface area contributed by atoms with Gasteiger partial charge in [0.2, 0.25) is 0 Å². The molecule has 8 heteroatoms. The van der Waals surface area contributed by atoms with Gasteiger partial charge in [0.05, 0.1) is 28.8 Å². The maximum Gasteiger partial charge on any atom is 0.138 e. The molecule has 1 aromatic carbocycles. The molecule has 0 fully saturated rings. The van der Waals surface area contributed by atoms with Crippen LogP contribution in [0.25, 0.3) is 5.70 Å². The summed E-state index contributed by atoms with van der Waals surface area (Å²) in [6.07, 6.45) is 13.0. The number of allylic oxidation sites excluding steroid dienone is 7. The molecule has 2 aromatic rings. The van der Waals surface area contributed by atoms with E-state index in [1.165, 1.54) is 23.5 Å². The molecule has 226 valence electrons. The Labute approximate surface area is 259 Å². The summed E-state index contributed by atoms with van der Waals surface area (Å²) in [6, 6.07) is 5.21. The van der Waals surface area contributed by atoms with Gasteiger partial charge < -0.3 is 21.7 Å². The van der Waals surface area contributed by atoms with E-state index in [9.17, 15) is 4.39 Å². The summed E-state index contributed by atoms with van der Waals surface area (Å²) in [4.78, 5) is 4.30. The van der Waals surface area contributed by atoms with Crippen LogP contribution in [0.5, 0.6) is 0 Å². The van der Waals surface area contributed by atoms with Crippen LogP contribution < -0.4 is 21.7 Å². The molecule has 1 unspecified atom stereocenters. The molecule has 5 N–H and O–H groups in total. The minimum atomic E-state index is -0.307. The Morgan fingerprint density at radius 3 is 2.66 bits per heavy atom. The highest BCUT2D eigenvalue weighted by Gasteiger charge is 2.27. The van der Waals surface area contributed by atoms with E-state index in [4.69, 9.17) is 5.73 Å². The number of aryl methyl sites for hydroxylation is 1. The molecule has 0 amide bonds. The summed E-state index contributed by atoms with van der Waals surface area (Å²) in [5.74, 6) is 0.798. The number of hydrogen-bond acceptors (Lipinski definition) is 6. The average Bonchev–Trinajstić information content (AvgIpc) is 3.64. The first kappa shape index (κ1) is 30.4. The molecule has 0 aliphatic heterocycles. The molecule has 3 aliphatic carbocycles. The van der Waals surface area contributed by atoms with E-state index in [2.05, 4.69) is 77.7 Å². The van der Waals surface area contributed by atoms with Crippen molar-refractivity contribution in [3.8, 4) is 0 Å². The average molecular weight is 590 g/mol. The maximum atomic E-state index is 14.6. The SMILES string of the molecule is C=CC1C=CC2=C(CC[C@@H]2NC(=C)C(=C)/C=C(/C(=C)NCc2ccc(F)c(CNC3=C(N)C(=C)C3=C)c2)n2ncnc2C)C1. The number of hydrogen-bond donors (Lipinski definition) is 4. The number of nitrogens with two attached hydrogens (primary N) is 1. The quantitative estimate of drug-likeness (QED) is 0.166. The van der Waals surface area contributed by atoms with Crippen LogP contribution in [0, 0.1) is 18.7 Å². The van der Waals surface area contributed by atoms with E-state index in [0.717, 1.165) is 36.1 Å². The van der Waals surface area contributed by atoms with Crippen LogP contribution in [0.3, 0.4) is 0 Å². The second-order valence-electron chi connectivity index (χ2n) is 11.4. The van der Waals surface area contributed by atoms with Gasteiger partial charge in [-0.25, -0.2) is 14.1 Å². The number of nitrogens with one attached hydrogen (secondary N) is 3. The number of rotatable bonds is 13. The Balaban J connectivity index is 1.26. The third-order valence-electron chi connectivity index (χ3n) is 8.46. The van der Waals surface area contributed by atoms with Gasteiger partial charge in [-0.3, -0.25) is 0 Å². The van der Waals surface area contributed by atoms with Gasteiger partial charge in [0.15, 0.2) is 0 Å². The monoisotopic (exact) mass is 589 g/mol. The zero-order valence-electron chi connectivity index (χ0n) is 25.3. The zero-order chi connectivity index (χ0) is 31.5. The summed E-state index contributed by atoms with van der Waals surface area (Å²) < 4.78 is 16.3. The normalized spacial score (nSPS) is 19.5. The van der Waals surface area contributed by atoms with Crippen LogP contribution in [0.1, 0.15) is 36.2 Å². The molecule has 0 spiro atoms. The number of halogens is 1. The fourth-order valence-corrected chi connectivity index (χ4v) is 5.70. The summed E-state index contributed by atoms with van der Waals surface area (Å²) in [5, 5.41) is 14.5. The van der Waals surface area contributed by atoms with Gasteiger partial charge in [-0.05, 0) is 67.0 Å². The van der Waals surface area contributed by atoms with Crippen LogP contribution in [0.2, 0.25) is 0 Å². The van der Waals surface area contributed by atoms with Crippen LogP contribution in [0.15, 0.2) is 139 Å². The Morgan fingerprint density at radius 2 is 1.95 bits per heavy atom. The molecule has 0 bridgehead atoms. The topological polar surface area (TPSA) is 92.8 Å². The molecule has 5 rings (SSSR count). The molecule has 0 saturated carbocycles. The minimum absolute atomic E-state index is 0.193. The van der Waals surface area contributed by atoms with Gasteiger partial charge in [-0.1, -0.05) is 62.8 Å². The lowest BCUT2D eigenvalue weighted by molar-refractivity contribution is 0.599. The van der Waals surface area contributed by atoms with Gasteiger partial charge in [0.1, 0.15) is 18.0 Å². The lowest BCUT2D eigenvalue weighted by Gasteiger charge is -2.27. The highest BCUT2D eigenvalue weighted by atomic mass is 19.1. The van der Waals surface area contributed by atoms with E-state index in [-0.39, 0.29) is 18.4 Å². The van der Waals surface area contributed by atoms with Gasteiger partial charge in [-0.2, -0.15) is 5.10 Å². The van der Waals surface area contributed by atoms with E-state index in [1.807, 2.05) is 25.1 Å². The van der Waals surface area contributed by atoms with Crippen molar-refractivity contribution in [3.05, 3.63) is 162 Å². The van der Waals surface area contributed by atoms with Gasteiger partial charge in [0.25, 0.3) is 0 Å². The van der Waals surface area contributed by atoms with Gasteiger partial charge in [-0.15, -0.1) is 6.58 Å². The first-order chi connectivity index (χ1) is 21.1. The molecule has 2 atom stereocenters. The minimum Gasteiger partial charge on any atom is -0.397 e. The smallest absolute Gasteiger partial charge is 0.138 e. The lowest BCUT2D eigenvalue weighted by atomic mass is 9.90. The zero-order valence-corrected chi connectivity index (χ0v) is 25.3. The third kappa shape index (κ3) is 6.15. The van der Waals surface area contributed by atoms with Crippen molar-refractivity contribution in [3.63, 3.8) is 0 Å². The van der Waals surface area contributed by atoms with Crippen molar-refractivity contribution in [1.29, 1.82) is 0 Å². The molecule has 44 heavy (non-hydrogen) atoms. The van der Waals surface area contributed by atoms with E-state index in [1.54, 1.807) is 10.7 Å². The summed E-state index contributed by atoms with van der Waals surface area (Å²) >= 11 is 0. The fraction of sp³-hybridized carbons (Fsp3) is 0.222. The van der Waals surface area contributed by atoms with Crippen molar-refractivity contribution in [2.45, 2.75) is 45.3 Å². The number of nitrogens with zero attached hydrogens (tertiary/aromatic N) is 3. The summed E-state index contributed by atoms with van der Waals surface area (Å²) in [5.41, 5.74) is 15.7. The van der Waals surface area contributed by atoms with Crippen molar-refractivity contribution in [2.24, 2.45) is 11.7 Å². The Kier molecular flexibility index (Phi) is 8.71. The molecule has 1 heterocycles. The molecule has 0 saturated heterocycles. The second-order valence-corrected chi connectivity index (χ2v) is 11.4. The molecule has 7 nitrogen and oxygen atoms in total. The standard InChI is InChI=1S/C36H40FN7/c1-8-27-9-12-31-29(16-27)11-14-33(31)43-24(5)21(2)15-34(44-26(7)41-20-42-44)25(6)39-18-28-10-13-32(37)30(17-28)19-40-36-23(4)22(3)35(36)38/h8-10,12-13,15,17,20,27,33,39-40,43H,1-6,11,14,16,18-19,38H2,7H3/b34-15-/t27?,33-/m0/s1. The predicted molar refractivity (Wildman–Crippen MR) is 177 cm³/mol. The lowest BCUT2D eigenvalue weighted by Crippen LogP contribution is -2.28. The predicted octanol–water partition coefficient (Wildman–Crippen LogP) is 6.14. The third-order valence-corrected chi connectivity index (χ3v) is 8.46. The first-order valence-corrected chi connectivity index (χ1v) is 14.7. The molecule has 1 aromatic heterocycles. The van der Waals surface area contributed by atoms with Gasteiger partial charge >= 0.3 is 0 Å². The van der Waals surface area contributed by atoms with Crippen molar-refractivity contribution in [1.82, 2.24) is 30.7 Å². The first-order valence-electron chi connectivity index (χ1n) is 14.7. The Hall–Kier alpha value is -5.11. The van der Waals surface area contributed by atoms with E-state index in [0.29, 0.717) is 57.8 Å². The van der Waals surface area contributed by atoms with Crippen LogP contribution >= 0.6 is 0 Å². The largest absolute Gasteiger partial charge is 0.397 e. The number of benzene rings is 1. The molecular weight excluding hydrogens is 549 g/mol. The van der Waals surface area contributed by atoms with Crippen molar-refractivity contribution >= 4 is 5.70 Å². The van der Waals surface area contributed by atoms with Crippen LogP contribution in [-0.2, 0) is 13.1 Å². The highest BCUT2D eigenvalue weighted by molar-refractivity contribution is 5.67.